The third-order valence-corrected chi connectivity index (χ3v) is 6.78. The molecule has 6 atom stereocenters. The molecule has 0 saturated carbocycles. The molecule has 186 valence electrons. The Morgan fingerprint density at radius 2 is 1.54 bits per heavy atom. The minimum absolute atomic E-state index is 0.0401. The fourth-order valence-electron chi connectivity index (χ4n) is 3.87. The highest BCUT2D eigenvalue weighted by molar-refractivity contribution is 7.90. The number of aliphatic hydroxyl groups is 3. The lowest BCUT2D eigenvalue weighted by atomic mass is 9.95. The summed E-state index contributed by atoms with van der Waals surface area (Å²) < 4.78 is 39.9. The number of hydrogen-bond donors (Lipinski definition) is 4. The van der Waals surface area contributed by atoms with Crippen molar-refractivity contribution < 1.29 is 52.6 Å². The normalized spacial score (nSPS) is 29.2. The smallest absolute Gasteiger partial charge is 0.341 e. The van der Waals surface area contributed by atoms with Gasteiger partial charge in [0.05, 0.1) is 10.5 Å². The van der Waals surface area contributed by atoms with E-state index in [-0.39, 0.29) is 16.0 Å². The Morgan fingerprint density at radius 3 is 2.11 bits per heavy atom. The van der Waals surface area contributed by atoms with E-state index in [1.807, 2.05) is 0 Å². The highest BCUT2D eigenvalue weighted by atomic mass is 32.2. The summed E-state index contributed by atoms with van der Waals surface area (Å²) in [5.41, 5.74) is 1.09. The van der Waals surface area contributed by atoms with E-state index in [0.29, 0.717) is 11.1 Å². The maximum absolute atomic E-state index is 12.9. The second-order valence-corrected chi connectivity index (χ2v) is 10.1. The summed E-state index contributed by atoms with van der Waals surface area (Å²) in [5.74, 6) is -2.39. The molecular weight excluding hydrogens is 484 g/mol. The van der Waals surface area contributed by atoms with Crippen molar-refractivity contribution in [2.75, 3.05) is 6.26 Å². The molecule has 2 aliphatic heterocycles. The molecule has 2 aliphatic rings. The van der Waals surface area contributed by atoms with Gasteiger partial charge in [-0.25, -0.2) is 18.0 Å². The van der Waals surface area contributed by atoms with Crippen LogP contribution in [0.15, 0.2) is 59.5 Å². The topological polar surface area (TPSA) is 177 Å². The highest BCUT2D eigenvalue weighted by Crippen LogP contribution is 2.39. The van der Waals surface area contributed by atoms with Crippen LogP contribution in [0.25, 0.3) is 11.1 Å². The Bertz CT molecular complexity index is 1250. The van der Waals surface area contributed by atoms with Crippen LogP contribution in [-0.4, -0.2) is 84.0 Å². The van der Waals surface area contributed by atoms with Crippen molar-refractivity contribution in [3.63, 3.8) is 0 Å². The molecule has 0 radical (unpaired) electrons. The molecule has 0 bridgehead atoms. The Hall–Kier alpha value is -3.13. The van der Waals surface area contributed by atoms with Gasteiger partial charge in [0, 0.05) is 11.8 Å². The van der Waals surface area contributed by atoms with Crippen LogP contribution in [0.1, 0.15) is 11.1 Å². The first kappa shape index (κ1) is 25.0. The zero-order valence-corrected chi connectivity index (χ0v) is 19.0. The third-order valence-electron chi connectivity index (χ3n) is 5.65. The van der Waals surface area contributed by atoms with E-state index in [1.165, 1.54) is 24.3 Å². The molecule has 4 rings (SSSR count). The number of rotatable bonds is 6. The molecule has 2 aromatic carbocycles. The molecule has 4 N–H and O–H groups in total. The van der Waals surface area contributed by atoms with E-state index >= 15 is 0 Å². The van der Waals surface area contributed by atoms with Crippen molar-refractivity contribution in [2.24, 2.45) is 0 Å². The van der Waals surface area contributed by atoms with Gasteiger partial charge in [0.1, 0.15) is 18.3 Å². The van der Waals surface area contributed by atoms with Crippen molar-refractivity contribution in [1.29, 1.82) is 0 Å². The van der Waals surface area contributed by atoms with Gasteiger partial charge < -0.3 is 34.6 Å². The van der Waals surface area contributed by atoms with E-state index in [2.05, 4.69) is 0 Å². The number of carbonyl (C=O) groups excluding carboxylic acids is 1. The number of carboxylic acid groups (broad SMARTS) is 1. The molecule has 1 fully saturated rings. The van der Waals surface area contributed by atoms with Crippen LogP contribution in [0.3, 0.4) is 0 Å². The van der Waals surface area contributed by atoms with Gasteiger partial charge in [-0.05, 0) is 23.3 Å². The minimum atomic E-state index is -3.49. The van der Waals surface area contributed by atoms with Crippen LogP contribution in [0.5, 0.6) is 0 Å². The molecule has 2 aromatic rings. The largest absolute Gasteiger partial charge is 0.479 e. The summed E-state index contributed by atoms with van der Waals surface area (Å²) >= 11 is 0. The van der Waals surface area contributed by atoms with Gasteiger partial charge in [-0.3, -0.25) is 0 Å². The number of carboxylic acids is 1. The van der Waals surface area contributed by atoms with Crippen molar-refractivity contribution >= 4 is 32.9 Å². The number of aliphatic hydroxyl groups excluding tert-OH is 3. The molecule has 1 saturated heterocycles. The average Bonchev–Trinajstić information content (AvgIpc) is 3.14. The Balaban J connectivity index is 1.76. The van der Waals surface area contributed by atoms with Crippen LogP contribution in [0.2, 0.25) is 0 Å². The van der Waals surface area contributed by atoms with Gasteiger partial charge in [-0.2, -0.15) is 0 Å². The van der Waals surface area contributed by atoms with Gasteiger partial charge in [-0.1, -0.05) is 42.5 Å². The summed E-state index contributed by atoms with van der Waals surface area (Å²) in [6.45, 7) is 0. The summed E-state index contributed by atoms with van der Waals surface area (Å²) in [6, 6.07) is 14.0. The predicted molar refractivity (Wildman–Crippen MR) is 118 cm³/mol. The number of sulfone groups is 1. The van der Waals surface area contributed by atoms with Gasteiger partial charge in [0.15, 0.2) is 22.2 Å². The minimum Gasteiger partial charge on any atom is -0.479 e. The molecule has 35 heavy (non-hydrogen) atoms. The second kappa shape index (κ2) is 9.49. The Labute approximate surface area is 199 Å². The lowest BCUT2D eigenvalue weighted by Gasteiger charge is -2.39. The lowest BCUT2D eigenvalue weighted by molar-refractivity contribution is -0.316. The molecule has 12 heteroatoms. The third kappa shape index (κ3) is 4.85. The van der Waals surface area contributed by atoms with Crippen LogP contribution in [-0.2, 0) is 33.6 Å². The standard InChI is InChI=1S/C23H22O11S/c1-35(30,31)13-9-7-12(8-10-13)15-14(11-5-3-2-4-6-11)21(29)33-22(15)34-23-18(26)16(24)17(25)19(32-23)20(27)28/h2-10,16-19,22-26H,1H3,(H,27,28)/t16-,17-,18+,19-,22?,23-/m0/s1. The fourth-order valence-corrected chi connectivity index (χ4v) is 4.50. The molecule has 0 spiro atoms. The fraction of sp³-hybridized carbons (Fsp3) is 0.304. The van der Waals surface area contributed by atoms with Gasteiger partial charge in [-0.15, -0.1) is 0 Å². The molecule has 11 nitrogen and oxygen atoms in total. The number of esters is 1. The zero-order chi connectivity index (χ0) is 25.5. The van der Waals surface area contributed by atoms with Gasteiger partial charge in [0.25, 0.3) is 0 Å². The quantitative estimate of drug-likeness (QED) is 0.381. The van der Waals surface area contributed by atoms with Crippen LogP contribution in [0, 0.1) is 0 Å². The molecule has 0 amide bonds. The first-order valence-electron chi connectivity index (χ1n) is 10.4. The summed E-state index contributed by atoms with van der Waals surface area (Å²) in [6.07, 6.45) is -9.87. The Kier molecular flexibility index (Phi) is 6.77. The number of aliphatic carboxylic acids is 1. The lowest BCUT2D eigenvalue weighted by Crippen LogP contribution is -2.60. The summed E-state index contributed by atoms with van der Waals surface area (Å²) in [5, 5.41) is 39.6. The molecule has 2 heterocycles. The summed E-state index contributed by atoms with van der Waals surface area (Å²) in [7, 11) is -3.49. The number of ether oxygens (including phenoxy) is 3. The SMILES string of the molecule is CS(=O)(=O)c1ccc(C2=C(c3ccccc3)C(=O)OC2O[C@@H]2O[C@H](C(=O)O)[C@@H](O)[C@H](O)[C@H]2O)cc1. The van der Waals surface area contributed by atoms with E-state index in [9.17, 15) is 38.4 Å². The van der Waals surface area contributed by atoms with Crippen molar-refractivity contribution in [3.8, 4) is 0 Å². The van der Waals surface area contributed by atoms with Crippen LogP contribution < -0.4 is 0 Å². The van der Waals surface area contributed by atoms with E-state index < -0.39 is 58.8 Å². The van der Waals surface area contributed by atoms with Gasteiger partial charge in [0.2, 0.25) is 6.29 Å². The number of carbonyl (C=O) groups is 2. The summed E-state index contributed by atoms with van der Waals surface area (Å²) in [4.78, 5) is 24.3. The van der Waals surface area contributed by atoms with Crippen molar-refractivity contribution in [3.05, 3.63) is 65.7 Å². The van der Waals surface area contributed by atoms with E-state index in [4.69, 9.17) is 14.2 Å². The second-order valence-electron chi connectivity index (χ2n) is 8.06. The Morgan fingerprint density at radius 1 is 0.914 bits per heavy atom. The first-order chi connectivity index (χ1) is 16.5. The molecular formula is C23H22O11S. The first-order valence-corrected chi connectivity index (χ1v) is 12.3. The molecule has 0 aromatic heterocycles. The monoisotopic (exact) mass is 506 g/mol. The molecule has 0 aliphatic carbocycles. The van der Waals surface area contributed by atoms with E-state index in [0.717, 1.165) is 6.26 Å². The van der Waals surface area contributed by atoms with E-state index in [1.54, 1.807) is 30.3 Å². The maximum atomic E-state index is 12.9. The highest BCUT2D eigenvalue weighted by Gasteiger charge is 2.49. The maximum Gasteiger partial charge on any atom is 0.341 e. The predicted octanol–water partition coefficient (Wildman–Crippen LogP) is -0.207. The zero-order valence-electron chi connectivity index (χ0n) is 18.2. The number of hydrogen-bond acceptors (Lipinski definition) is 10. The number of benzene rings is 2. The van der Waals surface area contributed by atoms with Crippen LogP contribution >= 0.6 is 0 Å². The van der Waals surface area contributed by atoms with Gasteiger partial charge >= 0.3 is 11.9 Å². The molecule has 1 unspecified atom stereocenters. The number of cyclic esters (lactones) is 1. The van der Waals surface area contributed by atoms with Crippen LogP contribution in [0.4, 0.5) is 0 Å². The average molecular weight is 506 g/mol. The van der Waals surface area contributed by atoms with Crippen molar-refractivity contribution in [1.82, 2.24) is 0 Å². The van der Waals surface area contributed by atoms with Crippen molar-refractivity contribution in [2.45, 2.75) is 41.9 Å².